The fourth-order valence-corrected chi connectivity index (χ4v) is 3.66. The van der Waals surface area contributed by atoms with Gasteiger partial charge >= 0.3 is 0 Å². The largest absolute Gasteiger partial charge is 0.343 e. The summed E-state index contributed by atoms with van der Waals surface area (Å²) in [6.45, 7) is 4.84. The van der Waals surface area contributed by atoms with Crippen LogP contribution in [0.15, 0.2) is 18.2 Å². The number of amides is 2. The molecule has 0 radical (unpaired) electrons. The summed E-state index contributed by atoms with van der Waals surface area (Å²) in [5.74, 6) is -0.107. The quantitative estimate of drug-likeness (QED) is 0.854. The van der Waals surface area contributed by atoms with E-state index in [4.69, 9.17) is 0 Å². The fraction of sp³-hybridized carbons (Fsp3) is 0.579. The topological polar surface area (TPSA) is 40.6 Å². The van der Waals surface area contributed by atoms with Gasteiger partial charge in [0.15, 0.2) is 0 Å². The number of rotatable bonds is 3. The lowest BCUT2D eigenvalue weighted by molar-refractivity contribution is -0.131. The van der Waals surface area contributed by atoms with E-state index < -0.39 is 5.82 Å². The van der Waals surface area contributed by atoms with Crippen LogP contribution < -0.4 is 0 Å². The highest BCUT2D eigenvalue weighted by molar-refractivity contribution is 5.94. The second kappa shape index (κ2) is 7.32. The summed E-state index contributed by atoms with van der Waals surface area (Å²) in [5.41, 5.74) is 1.03. The van der Waals surface area contributed by atoms with Gasteiger partial charge in [0.05, 0.1) is 5.56 Å². The van der Waals surface area contributed by atoms with Gasteiger partial charge in [-0.15, -0.1) is 0 Å². The smallest absolute Gasteiger partial charge is 0.256 e. The molecular formula is C19H25FN2O2. The second-order valence-corrected chi connectivity index (χ2v) is 7.01. The lowest BCUT2D eigenvalue weighted by Gasteiger charge is -2.32. The van der Waals surface area contributed by atoms with Gasteiger partial charge in [0, 0.05) is 32.6 Å². The normalized spacial score (nSPS) is 18.9. The number of piperidine rings is 1. The zero-order chi connectivity index (χ0) is 17.1. The molecule has 1 aromatic rings. The highest BCUT2D eigenvalue weighted by Gasteiger charge is 2.28. The Balaban J connectivity index is 1.53. The van der Waals surface area contributed by atoms with Gasteiger partial charge < -0.3 is 9.80 Å². The van der Waals surface area contributed by atoms with Gasteiger partial charge in [-0.3, -0.25) is 9.59 Å². The van der Waals surface area contributed by atoms with Crippen molar-refractivity contribution in [2.75, 3.05) is 26.2 Å². The van der Waals surface area contributed by atoms with E-state index in [2.05, 4.69) is 0 Å². The molecule has 130 valence electrons. The van der Waals surface area contributed by atoms with Crippen LogP contribution in [0.1, 0.15) is 48.0 Å². The van der Waals surface area contributed by atoms with Gasteiger partial charge in [0.1, 0.15) is 5.82 Å². The van der Waals surface area contributed by atoms with Gasteiger partial charge in [0.2, 0.25) is 5.91 Å². The minimum absolute atomic E-state index is 0.154. The Hall–Kier alpha value is -1.91. The van der Waals surface area contributed by atoms with E-state index >= 15 is 0 Å². The highest BCUT2D eigenvalue weighted by atomic mass is 19.1. The third kappa shape index (κ3) is 3.77. The first-order valence-corrected chi connectivity index (χ1v) is 8.88. The average Bonchev–Trinajstić information content (AvgIpc) is 3.12. The summed E-state index contributed by atoms with van der Waals surface area (Å²) in [7, 11) is 0. The SMILES string of the molecule is Cc1ccc(F)c(C(=O)N2CCC(CC(=O)N3CCCC3)CC2)c1. The first-order valence-electron chi connectivity index (χ1n) is 8.88. The van der Waals surface area contributed by atoms with Gasteiger partial charge in [-0.25, -0.2) is 4.39 Å². The van der Waals surface area contributed by atoms with Gasteiger partial charge in [-0.2, -0.15) is 0 Å². The summed E-state index contributed by atoms with van der Waals surface area (Å²) >= 11 is 0. The molecule has 24 heavy (non-hydrogen) atoms. The van der Waals surface area contributed by atoms with E-state index in [-0.39, 0.29) is 17.4 Å². The second-order valence-electron chi connectivity index (χ2n) is 7.01. The van der Waals surface area contributed by atoms with Crippen molar-refractivity contribution in [1.29, 1.82) is 0 Å². The van der Waals surface area contributed by atoms with Crippen LogP contribution in [0.4, 0.5) is 4.39 Å². The fourth-order valence-electron chi connectivity index (χ4n) is 3.66. The Bertz CT molecular complexity index is 618. The van der Waals surface area contributed by atoms with Gasteiger partial charge in [0.25, 0.3) is 5.91 Å². The third-order valence-electron chi connectivity index (χ3n) is 5.18. The van der Waals surface area contributed by atoms with E-state index in [1.807, 2.05) is 11.8 Å². The molecule has 0 aliphatic carbocycles. The molecule has 0 saturated carbocycles. The molecule has 4 nitrogen and oxygen atoms in total. The maximum Gasteiger partial charge on any atom is 0.256 e. The van der Waals surface area contributed by atoms with E-state index in [9.17, 15) is 14.0 Å². The summed E-state index contributed by atoms with van der Waals surface area (Å²) < 4.78 is 13.9. The van der Waals surface area contributed by atoms with Crippen LogP contribution in [0.25, 0.3) is 0 Å². The van der Waals surface area contributed by atoms with Crippen LogP contribution in [0.2, 0.25) is 0 Å². The summed E-state index contributed by atoms with van der Waals surface area (Å²) in [5, 5.41) is 0. The standard InChI is InChI=1S/C19H25FN2O2/c1-14-4-5-17(20)16(12-14)19(24)22-10-6-15(7-11-22)13-18(23)21-8-2-3-9-21/h4-5,12,15H,2-3,6-11,13H2,1H3. The molecule has 0 bridgehead atoms. The number of benzene rings is 1. The Morgan fingerprint density at radius 1 is 1.08 bits per heavy atom. The van der Waals surface area contributed by atoms with Gasteiger partial charge in [-0.05, 0) is 50.7 Å². The van der Waals surface area contributed by atoms with Crippen LogP contribution in [-0.4, -0.2) is 47.8 Å². The maximum absolute atomic E-state index is 13.9. The zero-order valence-corrected chi connectivity index (χ0v) is 14.3. The van der Waals surface area contributed by atoms with Crippen molar-refractivity contribution in [3.05, 3.63) is 35.1 Å². The first kappa shape index (κ1) is 16.9. The number of nitrogens with zero attached hydrogens (tertiary/aromatic N) is 2. The lowest BCUT2D eigenvalue weighted by Crippen LogP contribution is -2.40. The Morgan fingerprint density at radius 2 is 1.75 bits per heavy atom. The first-order chi connectivity index (χ1) is 11.5. The molecule has 2 heterocycles. The van der Waals surface area contributed by atoms with Crippen molar-refractivity contribution in [2.24, 2.45) is 5.92 Å². The van der Waals surface area contributed by atoms with Crippen molar-refractivity contribution >= 4 is 11.8 Å². The van der Waals surface area contributed by atoms with Crippen LogP contribution in [0, 0.1) is 18.7 Å². The van der Waals surface area contributed by atoms with Gasteiger partial charge in [-0.1, -0.05) is 11.6 Å². The Kier molecular flexibility index (Phi) is 5.17. The minimum atomic E-state index is -0.461. The Morgan fingerprint density at radius 3 is 2.42 bits per heavy atom. The molecule has 2 amide bonds. The zero-order valence-electron chi connectivity index (χ0n) is 14.3. The molecule has 0 spiro atoms. The summed E-state index contributed by atoms with van der Waals surface area (Å²) in [6, 6.07) is 4.63. The average molecular weight is 332 g/mol. The molecule has 2 fully saturated rings. The monoisotopic (exact) mass is 332 g/mol. The number of hydrogen-bond donors (Lipinski definition) is 0. The van der Waals surface area contributed by atoms with Crippen molar-refractivity contribution in [1.82, 2.24) is 9.80 Å². The molecule has 0 aromatic heterocycles. The molecule has 2 aliphatic rings. The summed E-state index contributed by atoms with van der Waals surface area (Å²) in [4.78, 5) is 28.4. The number of aryl methyl sites for hydroxylation is 1. The molecule has 0 atom stereocenters. The van der Waals surface area contributed by atoms with Crippen LogP contribution in [0.5, 0.6) is 0 Å². The molecular weight excluding hydrogens is 307 g/mol. The highest BCUT2D eigenvalue weighted by Crippen LogP contribution is 2.24. The number of carbonyl (C=O) groups is 2. The number of halogens is 1. The third-order valence-corrected chi connectivity index (χ3v) is 5.18. The molecule has 0 N–H and O–H groups in total. The van der Waals surface area contributed by atoms with Crippen molar-refractivity contribution in [2.45, 2.75) is 39.0 Å². The van der Waals surface area contributed by atoms with E-state index in [1.54, 1.807) is 17.0 Å². The Labute approximate surface area is 142 Å². The van der Waals surface area contributed by atoms with Crippen molar-refractivity contribution in [3.8, 4) is 0 Å². The summed E-state index contributed by atoms with van der Waals surface area (Å²) in [6.07, 6.45) is 4.44. The maximum atomic E-state index is 13.9. The van der Waals surface area contributed by atoms with Crippen LogP contribution >= 0.6 is 0 Å². The van der Waals surface area contributed by atoms with E-state index in [0.29, 0.717) is 25.4 Å². The number of hydrogen-bond acceptors (Lipinski definition) is 2. The predicted molar refractivity (Wildman–Crippen MR) is 90.2 cm³/mol. The number of carbonyl (C=O) groups excluding carboxylic acids is 2. The van der Waals surface area contributed by atoms with Crippen molar-refractivity contribution in [3.63, 3.8) is 0 Å². The molecule has 5 heteroatoms. The van der Waals surface area contributed by atoms with Crippen LogP contribution in [0.3, 0.4) is 0 Å². The lowest BCUT2D eigenvalue weighted by atomic mass is 9.92. The van der Waals surface area contributed by atoms with Crippen LogP contribution in [-0.2, 0) is 4.79 Å². The minimum Gasteiger partial charge on any atom is -0.343 e. The number of likely N-dealkylation sites (tertiary alicyclic amines) is 2. The van der Waals surface area contributed by atoms with Crippen molar-refractivity contribution < 1.29 is 14.0 Å². The molecule has 2 aliphatic heterocycles. The molecule has 0 unspecified atom stereocenters. The van der Waals surface area contributed by atoms with E-state index in [1.165, 1.54) is 6.07 Å². The molecule has 3 rings (SSSR count). The predicted octanol–water partition coefficient (Wildman–Crippen LogP) is 3.00. The molecule has 2 saturated heterocycles. The van der Waals surface area contributed by atoms with E-state index in [0.717, 1.165) is 44.3 Å². The molecule has 1 aromatic carbocycles.